The van der Waals surface area contributed by atoms with Crippen molar-refractivity contribution in [3.63, 3.8) is 0 Å². The van der Waals surface area contributed by atoms with Crippen LogP contribution in [0.5, 0.6) is 23.0 Å². The van der Waals surface area contributed by atoms with Gasteiger partial charge in [-0.25, -0.2) is 9.59 Å². The lowest BCUT2D eigenvalue weighted by molar-refractivity contribution is 0.0506. The Bertz CT molecular complexity index is 2280. The van der Waals surface area contributed by atoms with Crippen LogP contribution in [0.4, 0.5) is 0 Å². The smallest absolute Gasteiger partial charge is 0.355 e. The van der Waals surface area contributed by atoms with Crippen molar-refractivity contribution in [2.45, 2.75) is 23.6 Å². The molecular formula is C42H34N2O8S2. The third-order valence-electron chi connectivity index (χ3n) is 8.75. The van der Waals surface area contributed by atoms with E-state index in [0.717, 1.165) is 11.1 Å². The maximum absolute atomic E-state index is 13.3. The number of fused-ring (bicyclic) bond motifs is 8. The maximum atomic E-state index is 13.3. The van der Waals surface area contributed by atoms with E-state index >= 15 is 0 Å². The van der Waals surface area contributed by atoms with Gasteiger partial charge < -0.3 is 28.9 Å². The predicted molar refractivity (Wildman–Crippen MR) is 208 cm³/mol. The Morgan fingerprint density at radius 2 is 0.852 bits per heavy atom. The number of thioether (sulfide) groups is 2. The summed E-state index contributed by atoms with van der Waals surface area (Å²) < 4.78 is 22.5. The number of benzene rings is 4. The molecule has 54 heavy (non-hydrogen) atoms. The summed E-state index contributed by atoms with van der Waals surface area (Å²) in [6.45, 7) is 4.01. The number of hydrogen-bond acceptors (Lipinski definition) is 10. The molecule has 0 saturated carbocycles. The summed E-state index contributed by atoms with van der Waals surface area (Å²) in [6, 6.07) is 29.2. The second-order valence-corrected chi connectivity index (χ2v) is 13.5. The number of aromatic nitrogens is 2. The number of hydrogen-bond donors (Lipinski definition) is 2. The van der Waals surface area contributed by atoms with Crippen molar-refractivity contribution in [3.8, 4) is 45.3 Å². The van der Waals surface area contributed by atoms with Crippen LogP contribution in [0.3, 0.4) is 0 Å². The number of aromatic amines is 2. The molecule has 0 spiro atoms. The fraction of sp³-hybridized carbons (Fsp3) is 0.143. The van der Waals surface area contributed by atoms with E-state index in [9.17, 15) is 19.2 Å². The largest absolute Gasteiger partial charge is 0.461 e. The quantitative estimate of drug-likeness (QED) is 0.125. The fourth-order valence-corrected chi connectivity index (χ4v) is 7.95. The second-order valence-electron chi connectivity index (χ2n) is 11.9. The van der Waals surface area contributed by atoms with Gasteiger partial charge in [-0.1, -0.05) is 60.7 Å². The highest BCUT2D eigenvalue weighted by Crippen LogP contribution is 2.47. The number of H-pyrrole nitrogens is 2. The Morgan fingerprint density at radius 1 is 0.537 bits per heavy atom. The topological polar surface area (TPSA) is 137 Å². The molecule has 4 aromatic carbocycles. The fourth-order valence-electron chi connectivity index (χ4n) is 6.44. The first-order chi connectivity index (χ1) is 26.3. The average molecular weight is 759 g/mol. The van der Waals surface area contributed by atoms with Crippen LogP contribution in [0, 0.1) is 0 Å². The van der Waals surface area contributed by atoms with Gasteiger partial charge >= 0.3 is 11.9 Å². The minimum atomic E-state index is -0.479. The summed E-state index contributed by atoms with van der Waals surface area (Å²) in [5.74, 6) is 0.826. The average Bonchev–Trinajstić information content (AvgIpc) is 3.77. The Hall–Kier alpha value is -5.98. The highest BCUT2D eigenvalue weighted by Gasteiger charge is 2.33. The van der Waals surface area contributed by atoms with Crippen LogP contribution in [-0.2, 0) is 9.47 Å². The van der Waals surface area contributed by atoms with Crippen molar-refractivity contribution >= 4 is 47.0 Å². The molecule has 8 rings (SSSR count). The predicted octanol–water partition coefficient (Wildman–Crippen LogP) is 9.83. The zero-order valence-electron chi connectivity index (χ0n) is 29.7. The zero-order chi connectivity index (χ0) is 37.9. The number of ketones is 2. The summed E-state index contributed by atoms with van der Waals surface area (Å²) in [5, 5.41) is 0. The molecular weight excluding hydrogens is 725 g/mol. The van der Waals surface area contributed by atoms with Gasteiger partial charge in [-0.3, -0.25) is 9.59 Å². The molecule has 2 aliphatic rings. The Morgan fingerprint density at radius 3 is 1.19 bits per heavy atom. The van der Waals surface area contributed by atoms with E-state index in [-0.39, 0.29) is 36.2 Å². The van der Waals surface area contributed by atoms with Crippen molar-refractivity contribution in [2.24, 2.45) is 0 Å². The molecule has 272 valence electrons. The molecule has 0 atom stereocenters. The molecule has 10 nitrogen and oxygen atoms in total. The van der Waals surface area contributed by atoms with Gasteiger partial charge in [0.15, 0.2) is 0 Å². The Labute approximate surface area is 319 Å². The lowest BCUT2D eigenvalue weighted by atomic mass is 9.97. The van der Waals surface area contributed by atoms with Gasteiger partial charge in [-0.15, -0.1) is 23.5 Å². The van der Waals surface area contributed by atoms with Crippen LogP contribution in [0.1, 0.15) is 66.9 Å². The van der Waals surface area contributed by atoms with Gasteiger partial charge in [0.2, 0.25) is 11.6 Å². The minimum absolute atomic E-state index is 0.221. The van der Waals surface area contributed by atoms with Gasteiger partial charge in [0.05, 0.1) is 35.7 Å². The van der Waals surface area contributed by atoms with E-state index in [4.69, 9.17) is 18.9 Å². The minimum Gasteiger partial charge on any atom is -0.461 e. The number of para-hydroxylation sites is 4. The number of carbonyl (C=O) groups excluding carboxylic acids is 4. The molecule has 6 aromatic rings. The van der Waals surface area contributed by atoms with E-state index in [1.54, 1.807) is 50.2 Å². The third kappa shape index (κ3) is 6.48. The van der Waals surface area contributed by atoms with Crippen LogP contribution < -0.4 is 9.47 Å². The van der Waals surface area contributed by atoms with Gasteiger partial charge in [0, 0.05) is 32.0 Å². The van der Waals surface area contributed by atoms with E-state index < -0.39 is 11.9 Å². The first-order valence-corrected chi connectivity index (χ1v) is 19.5. The summed E-state index contributed by atoms with van der Waals surface area (Å²) >= 11 is 2.79. The van der Waals surface area contributed by atoms with Crippen LogP contribution >= 0.6 is 23.5 Å². The molecule has 2 N–H and O–H groups in total. The van der Waals surface area contributed by atoms with Crippen molar-refractivity contribution < 1.29 is 38.1 Å². The number of esters is 2. The Kier molecular flexibility index (Phi) is 10.5. The molecule has 0 aliphatic carbocycles. The van der Waals surface area contributed by atoms with E-state index in [1.165, 1.54) is 23.5 Å². The molecule has 12 heteroatoms. The number of nitrogens with one attached hydrogen (secondary N) is 2. The van der Waals surface area contributed by atoms with E-state index in [1.807, 2.05) is 73.2 Å². The standard InChI is InChI=1S/2C21H17NO4S/c2*1-3-25-21(24)18-20(27-2)16-12-8-4-6-10-14(12)26-15-11-7-5-9-13(15)19(23)17(16)22-18/h2*4-11,22H,3H2,1-2H3. The van der Waals surface area contributed by atoms with Crippen molar-refractivity contribution in [3.05, 3.63) is 131 Å². The normalized spacial score (nSPS) is 12.1. The summed E-state index contributed by atoms with van der Waals surface area (Å²) in [4.78, 5) is 58.9. The number of rotatable bonds is 6. The number of carbonyl (C=O) groups is 4. The van der Waals surface area contributed by atoms with Gasteiger partial charge in [0.1, 0.15) is 34.4 Å². The van der Waals surface area contributed by atoms with Crippen molar-refractivity contribution in [2.75, 3.05) is 25.7 Å². The molecule has 0 amide bonds. The molecule has 0 unspecified atom stereocenters. The molecule has 2 aliphatic heterocycles. The van der Waals surface area contributed by atoms with Crippen LogP contribution in [0.2, 0.25) is 0 Å². The van der Waals surface area contributed by atoms with E-state index in [2.05, 4.69) is 9.97 Å². The van der Waals surface area contributed by atoms with Gasteiger partial charge in [-0.2, -0.15) is 0 Å². The van der Waals surface area contributed by atoms with Crippen LogP contribution in [0.25, 0.3) is 22.3 Å². The Balaban J connectivity index is 0.000000167. The zero-order valence-corrected chi connectivity index (χ0v) is 31.4. The second kappa shape index (κ2) is 15.6. The van der Waals surface area contributed by atoms with Gasteiger partial charge in [-0.05, 0) is 62.8 Å². The summed E-state index contributed by atoms with van der Waals surface area (Å²) in [5.41, 5.74) is 5.04. The first kappa shape index (κ1) is 36.4. The van der Waals surface area contributed by atoms with Crippen LogP contribution in [0.15, 0.2) is 107 Å². The highest BCUT2D eigenvalue weighted by molar-refractivity contribution is 7.99. The SMILES string of the molecule is CCOC(=O)c1[nH]c2c(c1SC)-c1ccccc1Oc1ccccc1C2=O.CCOC(=O)c1[nH]c2c(c1SC)-c1ccccc1Oc1ccccc1C2=O. The number of ether oxygens (including phenoxy) is 4. The summed E-state index contributed by atoms with van der Waals surface area (Å²) in [7, 11) is 0. The van der Waals surface area contributed by atoms with E-state index in [0.29, 0.717) is 66.4 Å². The molecule has 4 heterocycles. The molecule has 0 radical (unpaired) electrons. The lowest BCUT2D eigenvalue weighted by Gasteiger charge is -2.18. The third-order valence-corrected chi connectivity index (χ3v) is 10.4. The molecule has 0 fully saturated rings. The van der Waals surface area contributed by atoms with Crippen molar-refractivity contribution in [1.82, 2.24) is 9.97 Å². The summed E-state index contributed by atoms with van der Waals surface area (Å²) in [6.07, 6.45) is 3.74. The molecule has 0 bridgehead atoms. The highest BCUT2D eigenvalue weighted by atomic mass is 32.2. The first-order valence-electron chi connectivity index (χ1n) is 17.1. The molecule has 2 aromatic heterocycles. The lowest BCUT2D eigenvalue weighted by Crippen LogP contribution is -2.09. The molecule has 0 saturated heterocycles. The van der Waals surface area contributed by atoms with Gasteiger partial charge in [0.25, 0.3) is 0 Å². The van der Waals surface area contributed by atoms with Crippen molar-refractivity contribution in [1.29, 1.82) is 0 Å². The maximum Gasteiger partial charge on any atom is 0.355 e. The monoisotopic (exact) mass is 758 g/mol. The van der Waals surface area contributed by atoms with Crippen LogP contribution in [-0.4, -0.2) is 59.2 Å².